The normalized spacial score (nSPS) is 21.7. The molecular formula is C12H21N3O3. The Morgan fingerprint density at radius 3 is 2.72 bits per heavy atom. The van der Waals surface area contributed by atoms with Crippen molar-refractivity contribution in [3.8, 4) is 0 Å². The van der Waals surface area contributed by atoms with Crippen LogP contribution >= 0.6 is 0 Å². The summed E-state index contributed by atoms with van der Waals surface area (Å²) < 4.78 is 0. The van der Waals surface area contributed by atoms with Crippen LogP contribution in [0.4, 0.5) is 0 Å². The molecule has 0 aromatic carbocycles. The van der Waals surface area contributed by atoms with Gasteiger partial charge >= 0.3 is 0 Å². The fraction of sp³-hybridized carbons (Fsp3) is 0.750. The maximum atomic E-state index is 12.1. The minimum atomic E-state index is -0.524. The number of rotatable bonds is 5. The molecule has 102 valence electrons. The number of imide groups is 1. The molecule has 1 aliphatic heterocycles. The summed E-state index contributed by atoms with van der Waals surface area (Å²) in [5, 5.41) is 5.39. The monoisotopic (exact) mass is 255 g/mol. The summed E-state index contributed by atoms with van der Waals surface area (Å²) >= 11 is 0. The molecule has 18 heavy (non-hydrogen) atoms. The van der Waals surface area contributed by atoms with E-state index in [1.54, 1.807) is 0 Å². The summed E-state index contributed by atoms with van der Waals surface area (Å²) in [6, 6.07) is -0.482. The average molecular weight is 255 g/mol. The van der Waals surface area contributed by atoms with Crippen molar-refractivity contribution >= 4 is 17.7 Å². The number of carbonyl (C=O) groups is 3. The number of hydrogen-bond donors (Lipinski definition) is 2. The molecule has 0 aromatic heterocycles. The summed E-state index contributed by atoms with van der Waals surface area (Å²) in [5.41, 5.74) is 0. The van der Waals surface area contributed by atoms with Crippen LogP contribution in [0.2, 0.25) is 0 Å². The van der Waals surface area contributed by atoms with Gasteiger partial charge in [0, 0.05) is 12.5 Å². The van der Waals surface area contributed by atoms with E-state index in [-0.39, 0.29) is 24.4 Å². The zero-order valence-corrected chi connectivity index (χ0v) is 11.2. The Kier molecular flexibility index (Phi) is 5.27. The fourth-order valence-corrected chi connectivity index (χ4v) is 2.13. The van der Waals surface area contributed by atoms with E-state index in [1.165, 1.54) is 4.90 Å². The van der Waals surface area contributed by atoms with Crippen LogP contribution in [0.3, 0.4) is 0 Å². The van der Waals surface area contributed by atoms with Gasteiger partial charge in [-0.3, -0.25) is 19.7 Å². The van der Waals surface area contributed by atoms with Gasteiger partial charge in [0.1, 0.15) is 12.6 Å². The van der Waals surface area contributed by atoms with Crippen molar-refractivity contribution in [3.05, 3.63) is 0 Å². The van der Waals surface area contributed by atoms with Crippen molar-refractivity contribution in [3.63, 3.8) is 0 Å². The molecule has 3 amide bonds. The van der Waals surface area contributed by atoms with Gasteiger partial charge in [0.2, 0.25) is 17.7 Å². The molecule has 2 atom stereocenters. The van der Waals surface area contributed by atoms with E-state index in [4.69, 9.17) is 0 Å². The standard InChI is InChI=1S/C12H21N3O3/c1-4-9-12(18)14-10(16)7-15(9)11(17)6-8(3)13-5-2/h8-9,13H,4-7H2,1-3H3,(H,14,16,18). The summed E-state index contributed by atoms with van der Waals surface area (Å²) in [4.78, 5) is 36.4. The van der Waals surface area contributed by atoms with E-state index < -0.39 is 11.9 Å². The molecule has 0 saturated carbocycles. The summed E-state index contributed by atoms with van der Waals surface area (Å²) in [6.07, 6.45) is 0.811. The van der Waals surface area contributed by atoms with Crippen LogP contribution in [-0.2, 0) is 14.4 Å². The van der Waals surface area contributed by atoms with E-state index in [0.717, 1.165) is 6.54 Å². The number of nitrogens with zero attached hydrogens (tertiary/aromatic N) is 1. The molecule has 0 aliphatic carbocycles. The predicted molar refractivity (Wildman–Crippen MR) is 66.7 cm³/mol. The van der Waals surface area contributed by atoms with Gasteiger partial charge in [0.15, 0.2) is 0 Å². The first-order valence-corrected chi connectivity index (χ1v) is 6.36. The highest BCUT2D eigenvalue weighted by Crippen LogP contribution is 2.11. The van der Waals surface area contributed by atoms with Crippen LogP contribution in [0.5, 0.6) is 0 Å². The maximum Gasteiger partial charge on any atom is 0.249 e. The third kappa shape index (κ3) is 3.53. The Morgan fingerprint density at radius 2 is 2.17 bits per heavy atom. The number of nitrogens with one attached hydrogen (secondary N) is 2. The third-order valence-electron chi connectivity index (χ3n) is 3.00. The first-order valence-electron chi connectivity index (χ1n) is 6.36. The van der Waals surface area contributed by atoms with Gasteiger partial charge in [0.05, 0.1) is 0 Å². The highest BCUT2D eigenvalue weighted by atomic mass is 16.2. The minimum absolute atomic E-state index is 0.0259. The van der Waals surface area contributed by atoms with E-state index in [9.17, 15) is 14.4 Å². The second-order valence-electron chi connectivity index (χ2n) is 4.52. The lowest BCUT2D eigenvalue weighted by atomic mass is 10.1. The molecule has 0 spiro atoms. The highest BCUT2D eigenvalue weighted by Gasteiger charge is 2.35. The van der Waals surface area contributed by atoms with Gasteiger partial charge in [-0.05, 0) is 19.9 Å². The van der Waals surface area contributed by atoms with Crippen molar-refractivity contribution in [1.29, 1.82) is 0 Å². The Balaban J connectivity index is 2.68. The fourth-order valence-electron chi connectivity index (χ4n) is 2.13. The molecule has 1 rings (SSSR count). The van der Waals surface area contributed by atoms with Crippen LogP contribution in [0, 0.1) is 0 Å². The Bertz CT molecular complexity index is 343. The average Bonchev–Trinajstić information content (AvgIpc) is 2.28. The molecule has 1 saturated heterocycles. The maximum absolute atomic E-state index is 12.1. The van der Waals surface area contributed by atoms with Gasteiger partial charge in [-0.25, -0.2) is 0 Å². The van der Waals surface area contributed by atoms with E-state index >= 15 is 0 Å². The van der Waals surface area contributed by atoms with Crippen LogP contribution in [0.25, 0.3) is 0 Å². The molecule has 2 N–H and O–H groups in total. The van der Waals surface area contributed by atoms with Crippen molar-refractivity contribution in [2.24, 2.45) is 0 Å². The Hall–Kier alpha value is -1.43. The minimum Gasteiger partial charge on any atom is -0.321 e. The second-order valence-corrected chi connectivity index (χ2v) is 4.52. The molecule has 6 heteroatoms. The van der Waals surface area contributed by atoms with Gasteiger partial charge in [0.25, 0.3) is 0 Å². The molecule has 0 radical (unpaired) electrons. The lowest BCUT2D eigenvalue weighted by molar-refractivity contribution is -0.150. The van der Waals surface area contributed by atoms with Gasteiger partial charge in [-0.2, -0.15) is 0 Å². The van der Waals surface area contributed by atoms with Gasteiger partial charge < -0.3 is 10.2 Å². The van der Waals surface area contributed by atoms with Gasteiger partial charge in [-0.1, -0.05) is 13.8 Å². The van der Waals surface area contributed by atoms with Crippen molar-refractivity contribution in [2.75, 3.05) is 13.1 Å². The van der Waals surface area contributed by atoms with E-state index in [1.807, 2.05) is 20.8 Å². The number of hydrogen-bond acceptors (Lipinski definition) is 4. The molecule has 1 aliphatic rings. The Labute approximate surface area is 107 Å². The van der Waals surface area contributed by atoms with Crippen molar-refractivity contribution in [1.82, 2.24) is 15.5 Å². The summed E-state index contributed by atoms with van der Waals surface area (Å²) in [5.74, 6) is -0.939. The number of carbonyl (C=O) groups excluding carboxylic acids is 3. The zero-order valence-electron chi connectivity index (χ0n) is 11.2. The topological polar surface area (TPSA) is 78.5 Å². The van der Waals surface area contributed by atoms with Crippen molar-refractivity contribution in [2.45, 2.75) is 45.7 Å². The summed E-state index contributed by atoms with van der Waals surface area (Å²) in [7, 11) is 0. The highest BCUT2D eigenvalue weighted by molar-refractivity contribution is 6.04. The quantitative estimate of drug-likeness (QED) is 0.658. The Morgan fingerprint density at radius 1 is 1.50 bits per heavy atom. The first kappa shape index (κ1) is 14.6. The van der Waals surface area contributed by atoms with Crippen LogP contribution in [0.15, 0.2) is 0 Å². The van der Waals surface area contributed by atoms with Crippen LogP contribution < -0.4 is 10.6 Å². The molecule has 6 nitrogen and oxygen atoms in total. The molecule has 0 aromatic rings. The largest absolute Gasteiger partial charge is 0.321 e. The van der Waals surface area contributed by atoms with E-state index in [2.05, 4.69) is 10.6 Å². The molecule has 0 bridgehead atoms. The number of amides is 3. The third-order valence-corrected chi connectivity index (χ3v) is 3.00. The molecule has 2 unspecified atom stereocenters. The lowest BCUT2D eigenvalue weighted by Gasteiger charge is -2.34. The molecule has 1 heterocycles. The van der Waals surface area contributed by atoms with E-state index in [0.29, 0.717) is 12.8 Å². The number of piperazine rings is 1. The second kappa shape index (κ2) is 6.49. The summed E-state index contributed by atoms with van der Waals surface area (Å²) in [6.45, 7) is 6.46. The zero-order chi connectivity index (χ0) is 13.7. The van der Waals surface area contributed by atoms with Crippen LogP contribution in [0.1, 0.15) is 33.6 Å². The predicted octanol–water partition coefficient (Wildman–Crippen LogP) is -0.362. The van der Waals surface area contributed by atoms with Crippen LogP contribution in [-0.4, -0.2) is 47.8 Å². The lowest BCUT2D eigenvalue weighted by Crippen LogP contribution is -2.60. The first-order chi connectivity index (χ1) is 8.49. The molecular weight excluding hydrogens is 234 g/mol. The van der Waals surface area contributed by atoms with Gasteiger partial charge in [-0.15, -0.1) is 0 Å². The van der Waals surface area contributed by atoms with Crippen molar-refractivity contribution < 1.29 is 14.4 Å². The smallest absolute Gasteiger partial charge is 0.249 e. The SMILES string of the molecule is CCNC(C)CC(=O)N1CC(=O)NC(=O)C1CC. The molecule has 1 fully saturated rings.